The van der Waals surface area contributed by atoms with Crippen molar-refractivity contribution >= 4 is 15.4 Å². The number of nitrogens with zero attached hydrogens (tertiary/aromatic N) is 1. The smallest absolute Gasteiger partial charge is 0.324 e. The lowest BCUT2D eigenvalue weighted by Crippen LogP contribution is -2.33. The molecule has 0 rings (SSSR count). The van der Waals surface area contributed by atoms with Crippen molar-refractivity contribution in [3.63, 3.8) is 0 Å². The third kappa shape index (κ3) is 9.24. The molecule has 0 aromatic carbocycles. The Kier molecular flexibility index (Phi) is 9.27. The van der Waals surface area contributed by atoms with Gasteiger partial charge in [0.15, 0.2) is 0 Å². The van der Waals surface area contributed by atoms with Crippen LogP contribution in [-0.2, 0) is 13.6 Å². The monoisotopic (exact) mass is 259 g/mol. The largest absolute Gasteiger partial charge is 0.394 e. The Hall–Kier alpha value is -0.483. The summed E-state index contributed by atoms with van der Waals surface area (Å²) in [5, 5.41) is 0. The van der Waals surface area contributed by atoms with Gasteiger partial charge in [0.1, 0.15) is 0 Å². The van der Waals surface area contributed by atoms with Crippen LogP contribution in [-0.4, -0.2) is 34.1 Å². The summed E-state index contributed by atoms with van der Waals surface area (Å²) in [7, 11) is -1.64. The fourth-order valence-corrected chi connectivity index (χ4v) is 3.69. The van der Waals surface area contributed by atoms with Gasteiger partial charge in [0, 0.05) is 12.2 Å². The molecular formula is C12H25NO3Si. The van der Waals surface area contributed by atoms with Crippen LogP contribution in [0.25, 0.3) is 0 Å². The van der Waals surface area contributed by atoms with Crippen LogP contribution in [0.3, 0.4) is 0 Å². The lowest BCUT2D eigenvalue weighted by atomic mass is 10.2. The summed E-state index contributed by atoms with van der Waals surface area (Å²) in [5.74, 6) is 0. The molecule has 0 radical (unpaired) electrons. The van der Waals surface area contributed by atoms with Crippen molar-refractivity contribution in [2.24, 2.45) is 4.99 Å². The zero-order valence-corrected chi connectivity index (χ0v) is 12.8. The highest BCUT2D eigenvalue weighted by Gasteiger charge is 2.24. The molecule has 0 saturated heterocycles. The summed E-state index contributed by atoms with van der Waals surface area (Å²) in [4.78, 5) is 13.5. The van der Waals surface area contributed by atoms with Crippen LogP contribution in [0.4, 0.5) is 0 Å². The van der Waals surface area contributed by atoms with E-state index in [-0.39, 0.29) is 12.2 Å². The van der Waals surface area contributed by atoms with Crippen LogP contribution in [0, 0.1) is 0 Å². The van der Waals surface area contributed by atoms with Crippen LogP contribution in [0.1, 0.15) is 47.5 Å². The van der Waals surface area contributed by atoms with Crippen molar-refractivity contribution in [1.29, 1.82) is 0 Å². The fourth-order valence-electron chi connectivity index (χ4n) is 1.51. The number of rotatable bonds is 9. The van der Waals surface area contributed by atoms with E-state index in [1.54, 1.807) is 6.08 Å². The fraction of sp³-hybridized carbons (Fsp3) is 0.917. The van der Waals surface area contributed by atoms with Gasteiger partial charge in [-0.2, -0.15) is 0 Å². The lowest BCUT2D eigenvalue weighted by Gasteiger charge is -2.26. The molecule has 0 spiro atoms. The maximum atomic E-state index is 9.94. The summed E-state index contributed by atoms with van der Waals surface area (Å²) in [6, 6.07) is 0. The Morgan fingerprint density at radius 2 is 1.65 bits per heavy atom. The van der Waals surface area contributed by atoms with E-state index in [0.717, 1.165) is 12.8 Å². The first-order chi connectivity index (χ1) is 7.97. The average Bonchev–Trinajstić information content (AvgIpc) is 2.22. The molecule has 1 atom stereocenters. The van der Waals surface area contributed by atoms with Crippen molar-refractivity contribution < 1.29 is 13.6 Å². The maximum absolute atomic E-state index is 9.94. The van der Waals surface area contributed by atoms with E-state index in [2.05, 4.69) is 11.9 Å². The van der Waals surface area contributed by atoms with Gasteiger partial charge in [0.2, 0.25) is 6.08 Å². The summed E-state index contributed by atoms with van der Waals surface area (Å²) in [5.41, 5.74) is 0.432. The number of hydrogen-bond acceptors (Lipinski definition) is 4. The average molecular weight is 259 g/mol. The van der Waals surface area contributed by atoms with Crippen molar-refractivity contribution in [2.45, 2.75) is 65.2 Å². The standard InChI is InChI=1S/C12H25NO3Si/c1-10(2)15-17(16-11(3)4)12(5)7-6-8-13-9-14/h10-12,17H,6-8H2,1-5H3. The van der Waals surface area contributed by atoms with Gasteiger partial charge >= 0.3 is 9.28 Å². The molecule has 0 aliphatic heterocycles. The predicted octanol–water partition coefficient (Wildman–Crippen LogP) is 2.56. The molecule has 0 aromatic rings. The molecule has 5 heteroatoms. The molecule has 0 aliphatic rings. The minimum absolute atomic E-state index is 0.209. The topological polar surface area (TPSA) is 47.9 Å². The molecule has 1 unspecified atom stereocenters. The van der Waals surface area contributed by atoms with Crippen LogP contribution in [0.15, 0.2) is 4.99 Å². The summed E-state index contributed by atoms with van der Waals surface area (Å²) in [6.07, 6.45) is 3.86. The normalized spacial score (nSPS) is 13.2. The first-order valence-electron chi connectivity index (χ1n) is 6.32. The van der Waals surface area contributed by atoms with E-state index in [0.29, 0.717) is 12.1 Å². The van der Waals surface area contributed by atoms with Crippen LogP contribution in [0.5, 0.6) is 0 Å². The van der Waals surface area contributed by atoms with Crippen LogP contribution >= 0.6 is 0 Å². The molecule has 0 bridgehead atoms. The van der Waals surface area contributed by atoms with Gasteiger partial charge in [0.05, 0.1) is 6.54 Å². The first kappa shape index (κ1) is 16.5. The third-order valence-corrected chi connectivity index (χ3v) is 5.16. The van der Waals surface area contributed by atoms with Crippen molar-refractivity contribution in [3.05, 3.63) is 0 Å². The van der Waals surface area contributed by atoms with E-state index in [1.165, 1.54) is 0 Å². The summed E-state index contributed by atoms with van der Waals surface area (Å²) >= 11 is 0. The van der Waals surface area contributed by atoms with Gasteiger partial charge in [-0.05, 0) is 46.1 Å². The molecule has 0 aromatic heterocycles. The van der Waals surface area contributed by atoms with Gasteiger partial charge in [-0.3, -0.25) is 0 Å². The Labute approximate surface area is 106 Å². The van der Waals surface area contributed by atoms with Crippen LogP contribution in [0.2, 0.25) is 5.54 Å². The molecule has 100 valence electrons. The minimum atomic E-state index is -1.64. The van der Waals surface area contributed by atoms with E-state index in [1.807, 2.05) is 27.7 Å². The number of hydrogen-bond donors (Lipinski definition) is 0. The maximum Gasteiger partial charge on any atom is 0.324 e. The van der Waals surface area contributed by atoms with E-state index in [4.69, 9.17) is 8.85 Å². The zero-order chi connectivity index (χ0) is 13.3. The van der Waals surface area contributed by atoms with Gasteiger partial charge in [-0.15, -0.1) is 0 Å². The second-order valence-corrected chi connectivity index (χ2v) is 7.25. The molecule has 0 heterocycles. The van der Waals surface area contributed by atoms with Crippen molar-refractivity contribution in [1.82, 2.24) is 0 Å². The Morgan fingerprint density at radius 3 is 2.06 bits per heavy atom. The minimum Gasteiger partial charge on any atom is -0.394 e. The second kappa shape index (κ2) is 9.54. The highest BCUT2D eigenvalue weighted by Crippen LogP contribution is 2.20. The third-order valence-electron chi connectivity index (χ3n) is 2.27. The molecular weight excluding hydrogens is 234 g/mol. The SMILES string of the molecule is CC(C)O[SiH](OC(C)C)C(C)CCCN=C=O. The molecule has 0 N–H and O–H groups in total. The highest BCUT2D eigenvalue weighted by atomic mass is 28.3. The van der Waals surface area contributed by atoms with E-state index in [9.17, 15) is 4.79 Å². The van der Waals surface area contributed by atoms with Gasteiger partial charge in [-0.1, -0.05) is 6.92 Å². The zero-order valence-electron chi connectivity index (χ0n) is 11.6. The highest BCUT2D eigenvalue weighted by molar-refractivity contribution is 6.46. The number of carbonyl (C=O) groups excluding carboxylic acids is 1. The lowest BCUT2D eigenvalue weighted by molar-refractivity contribution is 0.123. The molecule has 4 nitrogen and oxygen atoms in total. The number of aliphatic imine (C=N–C) groups is 1. The Bertz CT molecular complexity index is 230. The van der Waals surface area contributed by atoms with E-state index >= 15 is 0 Å². The molecule has 0 amide bonds. The summed E-state index contributed by atoms with van der Waals surface area (Å²) in [6.45, 7) is 10.9. The first-order valence-corrected chi connectivity index (χ1v) is 7.92. The molecule has 17 heavy (non-hydrogen) atoms. The van der Waals surface area contributed by atoms with Gasteiger partial charge < -0.3 is 8.85 Å². The van der Waals surface area contributed by atoms with Crippen LogP contribution < -0.4 is 0 Å². The molecule has 0 fully saturated rings. The van der Waals surface area contributed by atoms with Crippen molar-refractivity contribution in [3.8, 4) is 0 Å². The Morgan fingerprint density at radius 1 is 1.12 bits per heavy atom. The van der Waals surface area contributed by atoms with Crippen molar-refractivity contribution in [2.75, 3.05) is 6.54 Å². The van der Waals surface area contributed by atoms with Gasteiger partial charge in [0.25, 0.3) is 0 Å². The quantitative estimate of drug-likeness (QED) is 0.277. The second-order valence-electron chi connectivity index (χ2n) is 4.83. The Balaban J connectivity index is 4.11. The number of isocyanates is 1. The molecule has 0 saturated carbocycles. The van der Waals surface area contributed by atoms with E-state index < -0.39 is 9.28 Å². The molecule has 0 aliphatic carbocycles. The summed E-state index contributed by atoms with van der Waals surface area (Å²) < 4.78 is 11.8. The van der Waals surface area contributed by atoms with Gasteiger partial charge in [-0.25, -0.2) is 9.79 Å². The predicted molar refractivity (Wildman–Crippen MR) is 71.2 cm³/mol.